The van der Waals surface area contributed by atoms with E-state index in [4.69, 9.17) is 20.8 Å². The summed E-state index contributed by atoms with van der Waals surface area (Å²) in [4.78, 5) is 12.0. The summed E-state index contributed by atoms with van der Waals surface area (Å²) in [5.41, 5.74) is 0.644. The summed E-state index contributed by atoms with van der Waals surface area (Å²) < 4.78 is 23.8. The first-order chi connectivity index (χ1) is 10.1. The van der Waals surface area contributed by atoms with Gasteiger partial charge in [-0.3, -0.25) is 4.79 Å². The molecule has 0 saturated carbocycles. The maximum Gasteiger partial charge on any atom is 0.235 e. The van der Waals surface area contributed by atoms with Gasteiger partial charge in [-0.05, 0) is 24.3 Å². The minimum absolute atomic E-state index is 0.0521. The van der Waals surface area contributed by atoms with Crippen LogP contribution in [0.4, 0.5) is 4.39 Å². The van der Waals surface area contributed by atoms with Crippen molar-refractivity contribution < 1.29 is 18.3 Å². The van der Waals surface area contributed by atoms with E-state index in [2.05, 4.69) is 0 Å². The van der Waals surface area contributed by atoms with Crippen LogP contribution in [-0.2, 0) is 0 Å². The number of carbonyl (C=O) groups is 1. The third-order valence-corrected chi connectivity index (χ3v) is 3.25. The number of hydrogen-bond acceptors (Lipinski definition) is 3. The number of ketones is 1. The van der Waals surface area contributed by atoms with Crippen LogP contribution in [0.5, 0.6) is 5.75 Å². The summed E-state index contributed by atoms with van der Waals surface area (Å²) >= 11 is 5.64. The molecule has 0 radical (unpaired) electrons. The Morgan fingerprint density at radius 2 is 2.00 bits per heavy atom. The number of halogens is 2. The van der Waals surface area contributed by atoms with Gasteiger partial charge in [-0.2, -0.15) is 0 Å². The zero-order valence-corrected chi connectivity index (χ0v) is 11.6. The molecular formula is C16H10ClFO3. The molecule has 5 heteroatoms. The Bertz CT molecular complexity index is 777. The second kappa shape index (κ2) is 5.58. The number of furan rings is 1. The molecular weight excluding hydrogens is 295 g/mol. The van der Waals surface area contributed by atoms with E-state index in [9.17, 15) is 9.18 Å². The van der Waals surface area contributed by atoms with E-state index in [1.165, 1.54) is 18.2 Å². The Balaban J connectivity index is 1.72. The van der Waals surface area contributed by atoms with Crippen molar-refractivity contribution in [2.45, 2.75) is 0 Å². The molecule has 0 fully saturated rings. The minimum atomic E-state index is -0.535. The molecule has 0 bridgehead atoms. The Morgan fingerprint density at radius 1 is 1.19 bits per heavy atom. The molecule has 0 spiro atoms. The predicted molar refractivity (Wildman–Crippen MR) is 77.4 cm³/mol. The standard InChI is InChI=1S/C16H10ClFO3/c17-12-8-11(5-6-13(12)18)20-9-14(19)16-7-10-3-1-2-4-15(10)21-16/h1-8H,9H2. The number of para-hydroxylation sites is 1. The number of benzene rings is 2. The van der Waals surface area contributed by atoms with E-state index in [0.717, 1.165) is 5.39 Å². The molecule has 21 heavy (non-hydrogen) atoms. The third kappa shape index (κ3) is 2.90. The summed E-state index contributed by atoms with van der Waals surface area (Å²) in [6.07, 6.45) is 0. The molecule has 0 N–H and O–H groups in total. The normalized spacial score (nSPS) is 10.8. The van der Waals surface area contributed by atoms with Crippen LogP contribution in [0.2, 0.25) is 5.02 Å². The van der Waals surface area contributed by atoms with Crippen molar-refractivity contribution in [3.63, 3.8) is 0 Å². The molecule has 0 aliphatic rings. The van der Waals surface area contributed by atoms with Crippen molar-refractivity contribution in [2.75, 3.05) is 6.61 Å². The summed E-state index contributed by atoms with van der Waals surface area (Å²) in [5.74, 6) is -0.283. The fraction of sp³-hybridized carbons (Fsp3) is 0.0625. The molecule has 2 aromatic carbocycles. The number of carbonyl (C=O) groups excluding carboxylic acids is 1. The first-order valence-electron chi connectivity index (χ1n) is 6.23. The van der Waals surface area contributed by atoms with Gasteiger partial charge in [-0.15, -0.1) is 0 Å². The number of Topliss-reactive ketones (excluding diaryl/α,β-unsaturated/α-hetero) is 1. The monoisotopic (exact) mass is 304 g/mol. The van der Waals surface area contributed by atoms with Crippen LogP contribution in [0.15, 0.2) is 52.9 Å². The molecule has 106 valence electrons. The number of rotatable bonds is 4. The third-order valence-electron chi connectivity index (χ3n) is 2.96. The molecule has 3 aromatic rings. The lowest BCUT2D eigenvalue weighted by Gasteiger charge is -2.04. The van der Waals surface area contributed by atoms with Crippen molar-refractivity contribution in [3.05, 3.63) is 65.1 Å². The lowest BCUT2D eigenvalue weighted by Crippen LogP contribution is -2.10. The number of hydrogen-bond donors (Lipinski definition) is 0. The Kier molecular flexibility index (Phi) is 3.62. The number of ether oxygens (including phenoxy) is 1. The predicted octanol–water partition coefficient (Wildman–Crippen LogP) is 4.49. The van der Waals surface area contributed by atoms with Gasteiger partial charge in [-0.1, -0.05) is 29.8 Å². The highest BCUT2D eigenvalue weighted by Crippen LogP contribution is 2.22. The van der Waals surface area contributed by atoms with Crippen molar-refractivity contribution in [1.29, 1.82) is 0 Å². The molecule has 0 aliphatic carbocycles. The SMILES string of the molecule is O=C(COc1ccc(F)c(Cl)c1)c1cc2ccccc2o1. The quantitative estimate of drug-likeness (QED) is 0.667. The van der Waals surface area contributed by atoms with Crippen LogP contribution in [0.1, 0.15) is 10.6 Å². The van der Waals surface area contributed by atoms with Crippen LogP contribution in [0.25, 0.3) is 11.0 Å². The molecule has 1 aromatic heterocycles. The van der Waals surface area contributed by atoms with E-state index >= 15 is 0 Å². The second-order valence-corrected chi connectivity index (χ2v) is 4.84. The van der Waals surface area contributed by atoms with Gasteiger partial charge in [0, 0.05) is 11.5 Å². The zero-order valence-electron chi connectivity index (χ0n) is 10.8. The Hall–Kier alpha value is -2.33. The van der Waals surface area contributed by atoms with Crippen LogP contribution >= 0.6 is 11.6 Å². The molecule has 0 saturated heterocycles. The molecule has 3 rings (SSSR count). The van der Waals surface area contributed by atoms with Crippen LogP contribution in [0, 0.1) is 5.82 Å². The van der Waals surface area contributed by atoms with Crippen LogP contribution < -0.4 is 4.74 Å². The molecule has 1 heterocycles. The minimum Gasteiger partial charge on any atom is -0.485 e. The van der Waals surface area contributed by atoms with E-state index in [1.807, 2.05) is 18.2 Å². The zero-order chi connectivity index (χ0) is 14.8. The fourth-order valence-electron chi connectivity index (χ4n) is 1.91. The number of fused-ring (bicyclic) bond motifs is 1. The highest BCUT2D eigenvalue weighted by molar-refractivity contribution is 6.30. The first kappa shape index (κ1) is 13.6. The van der Waals surface area contributed by atoms with Crippen LogP contribution in [0.3, 0.4) is 0 Å². The first-order valence-corrected chi connectivity index (χ1v) is 6.61. The van der Waals surface area contributed by atoms with E-state index in [1.54, 1.807) is 12.1 Å². The topological polar surface area (TPSA) is 39.4 Å². The van der Waals surface area contributed by atoms with E-state index in [-0.39, 0.29) is 23.2 Å². The maximum atomic E-state index is 13.0. The summed E-state index contributed by atoms with van der Waals surface area (Å²) in [6.45, 7) is -0.207. The van der Waals surface area contributed by atoms with Crippen molar-refractivity contribution in [1.82, 2.24) is 0 Å². The average Bonchev–Trinajstić information content (AvgIpc) is 2.92. The molecule has 0 unspecified atom stereocenters. The van der Waals surface area contributed by atoms with Gasteiger partial charge in [-0.25, -0.2) is 4.39 Å². The summed E-state index contributed by atoms with van der Waals surface area (Å²) in [7, 11) is 0. The Morgan fingerprint density at radius 3 is 2.76 bits per heavy atom. The summed E-state index contributed by atoms with van der Waals surface area (Å²) in [5, 5.41) is 0.800. The molecule has 3 nitrogen and oxygen atoms in total. The largest absolute Gasteiger partial charge is 0.485 e. The smallest absolute Gasteiger partial charge is 0.235 e. The fourth-order valence-corrected chi connectivity index (χ4v) is 2.08. The van der Waals surface area contributed by atoms with Gasteiger partial charge in [0.15, 0.2) is 12.4 Å². The average molecular weight is 305 g/mol. The highest BCUT2D eigenvalue weighted by atomic mass is 35.5. The van der Waals surface area contributed by atoms with Gasteiger partial charge in [0.2, 0.25) is 5.78 Å². The maximum absolute atomic E-state index is 13.0. The van der Waals surface area contributed by atoms with Gasteiger partial charge in [0.1, 0.15) is 17.1 Å². The van der Waals surface area contributed by atoms with Gasteiger partial charge >= 0.3 is 0 Å². The Labute approximate surface area is 124 Å². The molecule has 0 aliphatic heterocycles. The van der Waals surface area contributed by atoms with Gasteiger partial charge < -0.3 is 9.15 Å². The molecule has 0 atom stereocenters. The van der Waals surface area contributed by atoms with Gasteiger partial charge in [0.05, 0.1) is 5.02 Å². The lowest BCUT2D eigenvalue weighted by molar-refractivity contribution is 0.0896. The van der Waals surface area contributed by atoms with Crippen molar-refractivity contribution >= 4 is 28.4 Å². The van der Waals surface area contributed by atoms with Crippen LogP contribution in [-0.4, -0.2) is 12.4 Å². The lowest BCUT2D eigenvalue weighted by atomic mass is 10.2. The van der Waals surface area contributed by atoms with Crippen molar-refractivity contribution in [2.24, 2.45) is 0 Å². The highest BCUT2D eigenvalue weighted by Gasteiger charge is 2.13. The van der Waals surface area contributed by atoms with E-state index < -0.39 is 5.82 Å². The second-order valence-electron chi connectivity index (χ2n) is 4.44. The summed E-state index contributed by atoms with van der Waals surface area (Å²) in [6, 6.07) is 12.9. The van der Waals surface area contributed by atoms with Crippen molar-refractivity contribution in [3.8, 4) is 5.75 Å². The van der Waals surface area contributed by atoms with E-state index in [0.29, 0.717) is 11.3 Å². The molecule has 0 amide bonds. The van der Waals surface area contributed by atoms with Gasteiger partial charge in [0.25, 0.3) is 0 Å².